The zero-order valence-corrected chi connectivity index (χ0v) is 28.3. The van der Waals surface area contributed by atoms with Crippen LogP contribution < -0.4 is 10.6 Å². The predicted molar refractivity (Wildman–Crippen MR) is 176 cm³/mol. The molecular formula is C33H44N4O7S2. The summed E-state index contributed by atoms with van der Waals surface area (Å²) in [4.78, 5) is 18.0. The molecule has 2 saturated heterocycles. The van der Waals surface area contributed by atoms with E-state index in [2.05, 4.69) is 15.6 Å². The minimum absolute atomic E-state index is 0.0118. The first-order chi connectivity index (χ1) is 22.0. The van der Waals surface area contributed by atoms with Crippen LogP contribution in [0.2, 0.25) is 0 Å². The van der Waals surface area contributed by atoms with Crippen LogP contribution in [0.4, 0.5) is 9.93 Å². The van der Waals surface area contributed by atoms with E-state index in [0.717, 1.165) is 21.8 Å². The maximum Gasteiger partial charge on any atom is 0.407 e. The molecule has 250 valence electrons. The Bertz CT molecular complexity index is 1610. The van der Waals surface area contributed by atoms with Crippen LogP contribution in [0, 0.1) is 17.8 Å². The number of ether oxygens (including phenoxy) is 3. The van der Waals surface area contributed by atoms with Crippen molar-refractivity contribution in [1.82, 2.24) is 14.6 Å². The van der Waals surface area contributed by atoms with Gasteiger partial charge in [-0.3, -0.25) is 0 Å². The maximum absolute atomic E-state index is 14.1. The van der Waals surface area contributed by atoms with E-state index >= 15 is 0 Å². The van der Waals surface area contributed by atoms with Gasteiger partial charge in [-0.15, -0.1) is 0 Å². The van der Waals surface area contributed by atoms with Crippen molar-refractivity contribution in [3.8, 4) is 0 Å². The average Bonchev–Trinajstić information content (AvgIpc) is 3.68. The van der Waals surface area contributed by atoms with Crippen molar-refractivity contribution in [3.63, 3.8) is 0 Å². The van der Waals surface area contributed by atoms with Gasteiger partial charge in [0.1, 0.15) is 6.10 Å². The first-order valence-electron chi connectivity index (χ1n) is 16.1. The molecule has 2 bridgehead atoms. The van der Waals surface area contributed by atoms with Gasteiger partial charge in [0.15, 0.2) is 11.4 Å². The molecule has 0 spiro atoms. The van der Waals surface area contributed by atoms with Gasteiger partial charge in [0.2, 0.25) is 10.0 Å². The molecule has 1 saturated carbocycles. The van der Waals surface area contributed by atoms with Crippen LogP contribution in [-0.2, 0) is 30.7 Å². The van der Waals surface area contributed by atoms with Gasteiger partial charge < -0.3 is 30.0 Å². The molecule has 3 N–H and O–H groups in total. The minimum atomic E-state index is -4.01. The maximum atomic E-state index is 14.1. The lowest BCUT2D eigenvalue weighted by molar-refractivity contribution is -0.147. The van der Waals surface area contributed by atoms with E-state index in [0.29, 0.717) is 30.4 Å². The van der Waals surface area contributed by atoms with E-state index in [4.69, 9.17) is 14.2 Å². The molecule has 2 aromatic carbocycles. The lowest BCUT2D eigenvalue weighted by atomic mass is 9.80. The average molecular weight is 673 g/mol. The minimum Gasteiger partial charge on any atom is -0.443 e. The number of aromatic nitrogens is 1. The lowest BCUT2D eigenvalue weighted by Gasteiger charge is -2.33. The smallest absolute Gasteiger partial charge is 0.407 e. The summed E-state index contributed by atoms with van der Waals surface area (Å²) in [6, 6.07) is 13.8. The summed E-state index contributed by atoms with van der Waals surface area (Å²) in [6.45, 7) is 8.48. The summed E-state index contributed by atoms with van der Waals surface area (Å²) in [5.41, 5.74) is 1.60. The van der Waals surface area contributed by atoms with Crippen LogP contribution in [0.25, 0.3) is 10.2 Å². The van der Waals surface area contributed by atoms with Gasteiger partial charge in [0.25, 0.3) is 0 Å². The van der Waals surface area contributed by atoms with Crippen LogP contribution in [0.15, 0.2) is 53.4 Å². The van der Waals surface area contributed by atoms with Gasteiger partial charge in [-0.05, 0) is 68.7 Å². The number of hydrogen-bond acceptors (Lipinski definition) is 10. The molecule has 3 aromatic rings. The number of aliphatic hydroxyl groups is 1. The number of nitrogens with zero attached hydrogens (tertiary/aromatic N) is 2. The molecule has 1 amide bonds. The predicted octanol–water partition coefficient (Wildman–Crippen LogP) is 4.61. The fraction of sp³-hybridized carbons (Fsp3) is 0.576. The highest BCUT2D eigenvalue weighted by molar-refractivity contribution is 7.89. The first kappa shape index (κ1) is 33.1. The number of sulfonamides is 1. The molecule has 6 rings (SSSR count). The van der Waals surface area contributed by atoms with Crippen LogP contribution >= 0.6 is 11.3 Å². The van der Waals surface area contributed by atoms with Crippen molar-refractivity contribution in [1.29, 1.82) is 0 Å². The highest BCUT2D eigenvalue weighted by Crippen LogP contribution is 2.47. The summed E-state index contributed by atoms with van der Waals surface area (Å²) >= 11 is 1.40. The fourth-order valence-electron chi connectivity index (χ4n) is 6.70. The highest BCUT2D eigenvalue weighted by Gasteiger charge is 2.54. The summed E-state index contributed by atoms with van der Waals surface area (Å²) in [5.74, 6) is 0.636. The van der Waals surface area contributed by atoms with E-state index in [-0.39, 0.29) is 48.8 Å². The molecular weight excluding hydrogens is 629 g/mol. The Kier molecular flexibility index (Phi) is 9.88. The second-order valence-electron chi connectivity index (χ2n) is 13.4. The molecule has 11 nitrogen and oxygen atoms in total. The van der Waals surface area contributed by atoms with Crippen molar-refractivity contribution < 1.29 is 32.5 Å². The molecule has 3 fully saturated rings. The van der Waals surface area contributed by atoms with E-state index in [1.165, 1.54) is 15.6 Å². The molecule has 1 aliphatic carbocycles. The van der Waals surface area contributed by atoms with Gasteiger partial charge in [-0.2, -0.15) is 4.31 Å². The van der Waals surface area contributed by atoms with E-state index in [1.807, 2.05) is 58.0 Å². The van der Waals surface area contributed by atoms with Crippen LogP contribution in [0.3, 0.4) is 0 Å². The third-order valence-electron chi connectivity index (χ3n) is 8.89. The lowest BCUT2D eigenvalue weighted by Crippen LogP contribution is -2.52. The van der Waals surface area contributed by atoms with Gasteiger partial charge in [0, 0.05) is 25.0 Å². The fourth-order valence-corrected chi connectivity index (χ4v) is 9.47. The number of rotatable bonds is 13. The molecule has 13 heteroatoms. The molecule has 2 aliphatic heterocycles. The van der Waals surface area contributed by atoms with E-state index in [9.17, 15) is 18.3 Å². The van der Waals surface area contributed by atoms with E-state index in [1.54, 1.807) is 18.2 Å². The molecule has 46 heavy (non-hydrogen) atoms. The monoisotopic (exact) mass is 672 g/mol. The normalized spacial score (nSPS) is 25.3. The molecule has 4 unspecified atom stereocenters. The summed E-state index contributed by atoms with van der Waals surface area (Å²) in [5, 5.41) is 18.5. The Morgan fingerprint density at radius 2 is 1.91 bits per heavy atom. The summed E-state index contributed by atoms with van der Waals surface area (Å²) in [6.07, 6.45) is -0.956. The molecule has 3 heterocycles. The Morgan fingerprint density at radius 1 is 1.13 bits per heavy atom. The molecule has 1 aromatic heterocycles. The second-order valence-corrected chi connectivity index (χ2v) is 16.4. The van der Waals surface area contributed by atoms with Gasteiger partial charge in [-0.25, -0.2) is 18.2 Å². The number of hydrogen-bond donors (Lipinski definition) is 3. The molecule has 0 radical (unpaired) electrons. The second kappa shape index (κ2) is 13.7. The number of benzene rings is 2. The first-order valence-corrected chi connectivity index (χ1v) is 18.4. The quantitative estimate of drug-likeness (QED) is 0.238. The third kappa shape index (κ3) is 7.34. The largest absolute Gasteiger partial charge is 0.443 e. The summed E-state index contributed by atoms with van der Waals surface area (Å²) in [7, 11) is -4.01. The van der Waals surface area contributed by atoms with Crippen molar-refractivity contribution in [2.45, 2.75) is 88.5 Å². The van der Waals surface area contributed by atoms with Gasteiger partial charge in [-0.1, -0.05) is 55.5 Å². The van der Waals surface area contributed by atoms with Crippen molar-refractivity contribution in [2.24, 2.45) is 17.8 Å². The Balaban J connectivity index is 1.20. The number of thiazole rings is 1. The van der Waals surface area contributed by atoms with Crippen molar-refractivity contribution in [3.05, 3.63) is 54.1 Å². The van der Waals surface area contributed by atoms with Gasteiger partial charge >= 0.3 is 6.09 Å². The zero-order valence-electron chi connectivity index (χ0n) is 26.7. The number of fused-ring (bicyclic) bond motifs is 2. The third-order valence-corrected chi connectivity index (χ3v) is 11.7. The number of anilines is 1. The van der Waals surface area contributed by atoms with Crippen LogP contribution in [0.1, 0.15) is 46.1 Å². The van der Waals surface area contributed by atoms with Gasteiger partial charge in [0.05, 0.1) is 40.0 Å². The number of aliphatic hydroxyl groups excluding tert-OH is 1. The van der Waals surface area contributed by atoms with Crippen molar-refractivity contribution >= 4 is 42.8 Å². The number of carbonyl (C=O) groups is 1. The standard InChI is InChI=1S/C33H44N4O7S2/c1-19(2)16-37(46(40,41)23-10-11-25-30(14-23)45-32(35-25)34-20(3)4)17-27(38)26(12-21-8-6-5-7-9-21)36-33(39)44-28-13-22-18-42-31-24(22)15-29(28)43-31/h5-11,14,19-20,22,24,26-29,31,38H,12-13,15-18H2,1-4H3,(H,34,35)(H,36,39)/t22?,24?,26-,27+,28-,29?,31?/m0/s1. The van der Waals surface area contributed by atoms with Crippen LogP contribution in [-0.4, -0.2) is 85.3 Å². The Morgan fingerprint density at radius 3 is 2.65 bits per heavy atom. The highest BCUT2D eigenvalue weighted by atomic mass is 32.2. The number of nitrogens with one attached hydrogen (secondary N) is 2. The van der Waals surface area contributed by atoms with E-state index < -0.39 is 34.4 Å². The molecule has 7 atom stereocenters. The topological polar surface area (TPSA) is 139 Å². The number of amides is 1. The Hall–Kier alpha value is -2.81. The van der Waals surface area contributed by atoms with Crippen LogP contribution in [0.5, 0.6) is 0 Å². The number of alkyl carbamates (subject to hydrolysis) is 1. The van der Waals surface area contributed by atoms with Crippen molar-refractivity contribution in [2.75, 3.05) is 25.0 Å². The zero-order chi connectivity index (χ0) is 32.6. The Labute approximate surface area is 274 Å². The summed E-state index contributed by atoms with van der Waals surface area (Å²) < 4.78 is 47.8. The molecule has 3 aliphatic rings. The SMILES string of the molecule is CC(C)CN(C[C@@H](O)[C@H](Cc1ccccc1)NC(=O)O[C@H]1CC2COC3OC1CC23)S(=O)(=O)c1ccc2nc(NC(C)C)sc2c1. The number of carbonyl (C=O) groups excluding carboxylic acids is 1.